The summed E-state index contributed by atoms with van der Waals surface area (Å²) in [5, 5.41) is 0. The quantitative estimate of drug-likeness (QED) is 0.763. The lowest BCUT2D eigenvalue weighted by molar-refractivity contribution is -0.144. The minimum Gasteiger partial charge on any atom is -0.466 e. The lowest BCUT2D eigenvalue weighted by Gasteiger charge is -2.27. The molecule has 3 heteroatoms. The summed E-state index contributed by atoms with van der Waals surface area (Å²) in [4.78, 5) is 14.2. The standard InChI is InChI=1S/C16H23NO2/c1-3-19-16(18)12-15(17-10-4-5-11-17)14-8-6-13(2)7-9-14/h6-9,15H,3-5,10-12H2,1-2H3. The fourth-order valence-electron chi connectivity index (χ4n) is 2.68. The third-order valence-corrected chi connectivity index (χ3v) is 3.71. The minimum atomic E-state index is -0.0972. The fourth-order valence-corrected chi connectivity index (χ4v) is 2.68. The maximum absolute atomic E-state index is 11.8. The van der Waals surface area contributed by atoms with Crippen LogP contribution < -0.4 is 0 Å². The van der Waals surface area contributed by atoms with Crippen molar-refractivity contribution in [1.82, 2.24) is 4.90 Å². The van der Waals surface area contributed by atoms with Gasteiger partial charge in [-0.05, 0) is 45.3 Å². The van der Waals surface area contributed by atoms with Crippen molar-refractivity contribution < 1.29 is 9.53 Å². The highest BCUT2D eigenvalue weighted by atomic mass is 16.5. The van der Waals surface area contributed by atoms with Gasteiger partial charge in [-0.2, -0.15) is 0 Å². The van der Waals surface area contributed by atoms with Gasteiger partial charge in [-0.3, -0.25) is 9.69 Å². The summed E-state index contributed by atoms with van der Waals surface area (Å²) in [7, 11) is 0. The number of rotatable bonds is 5. The van der Waals surface area contributed by atoms with Crippen molar-refractivity contribution in [3.63, 3.8) is 0 Å². The Hall–Kier alpha value is -1.35. The molecule has 1 unspecified atom stereocenters. The van der Waals surface area contributed by atoms with E-state index >= 15 is 0 Å². The Balaban J connectivity index is 2.13. The molecule has 1 saturated heterocycles. The number of carbonyl (C=O) groups excluding carboxylic acids is 1. The molecule has 0 spiro atoms. The second-order valence-corrected chi connectivity index (χ2v) is 5.18. The van der Waals surface area contributed by atoms with Crippen LogP contribution in [0, 0.1) is 6.92 Å². The van der Waals surface area contributed by atoms with E-state index in [9.17, 15) is 4.79 Å². The Morgan fingerprint density at radius 2 is 1.89 bits per heavy atom. The van der Waals surface area contributed by atoms with Crippen molar-refractivity contribution >= 4 is 5.97 Å². The molecular formula is C16H23NO2. The lowest BCUT2D eigenvalue weighted by atomic mass is 10.0. The van der Waals surface area contributed by atoms with Crippen LogP contribution in [0.25, 0.3) is 0 Å². The molecule has 0 N–H and O–H groups in total. The van der Waals surface area contributed by atoms with Gasteiger partial charge < -0.3 is 4.74 Å². The van der Waals surface area contributed by atoms with Crippen molar-refractivity contribution in [1.29, 1.82) is 0 Å². The van der Waals surface area contributed by atoms with Crippen LogP contribution in [0.5, 0.6) is 0 Å². The van der Waals surface area contributed by atoms with E-state index in [1.54, 1.807) is 0 Å². The van der Waals surface area contributed by atoms with Crippen molar-refractivity contribution in [2.45, 2.75) is 39.2 Å². The van der Waals surface area contributed by atoms with E-state index in [1.165, 1.54) is 24.0 Å². The highest BCUT2D eigenvalue weighted by Crippen LogP contribution is 2.28. The van der Waals surface area contributed by atoms with Crippen LogP contribution in [0.3, 0.4) is 0 Å². The molecule has 1 aliphatic heterocycles. The van der Waals surface area contributed by atoms with Gasteiger partial charge in [0, 0.05) is 6.04 Å². The predicted molar refractivity (Wildman–Crippen MR) is 76.0 cm³/mol. The molecule has 0 aliphatic carbocycles. The first-order valence-electron chi connectivity index (χ1n) is 7.17. The molecule has 19 heavy (non-hydrogen) atoms. The third kappa shape index (κ3) is 3.80. The zero-order chi connectivity index (χ0) is 13.7. The summed E-state index contributed by atoms with van der Waals surface area (Å²) in [5.41, 5.74) is 2.47. The van der Waals surface area contributed by atoms with Crippen LogP contribution >= 0.6 is 0 Å². The van der Waals surface area contributed by atoms with E-state index in [2.05, 4.69) is 36.1 Å². The number of nitrogens with zero attached hydrogens (tertiary/aromatic N) is 1. The number of aryl methyl sites for hydroxylation is 1. The van der Waals surface area contributed by atoms with Gasteiger partial charge >= 0.3 is 5.97 Å². The van der Waals surface area contributed by atoms with Gasteiger partial charge in [0.15, 0.2) is 0 Å². The van der Waals surface area contributed by atoms with Crippen LogP contribution in [0.4, 0.5) is 0 Å². The first kappa shape index (κ1) is 14.1. The molecule has 3 nitrogen and oxygen atoms in total. The molecule has 0 bridgehead atoms. The zero-order valence-electron chi connectivity index (χ0n) is 11.9. The number of likely N-dealkylation sites (tertiary alicyclic amines) is 1. The summed E-state index contributed by atoms with van der Waals surface area (Å²) in [5.74, 6) is -0.0972. The number of ether oxygens (including phenoxy) is 1. The molecule has 104 valence electrons. The molecule has 0 aromatic heterocycles. The molecule has 1 heterocycles. The molecule has 0 amide bonds. The fraction of sp³-hybridized carbons (Fsp3) is 0.562. The van der Waals surface area contributed by atoms with Crippen LogP contribution in [0.15, 0.2) is 24.3 Å². The van der Waals surface area contributed by atoms with Crippen LogP contribution in [-0.4, -0.2) is 30.6 Å². The van der Waals surface area contributed by atoms with Gasteiger partial charge in [0.1, 0.15) is 0 Å². The summed E-state index contributed by atoms with van der Waals surface area (Å²) < 4.78 is 5.11. The molecule has 1 aliphatic rings. The number of carbonyl (C=O) groups is 1. The van der Waals surface area contributed by atoms with Crippen LogP contribution in [-0.2, 0) is 9.53 Å². The topological polar surface area (TPSA) is 29.5 Å². The van der Waals surface area contributed by atoms with Crippen molar-refractivity contribution in [3.8, 4) is 0 Å². The second-order valence-electron chi connectivity index (χ2n) is 5.18. The van der Waals surface area contributed by atoms with Crippen molar-refractivity contribution in [2.75, 3.05) is 19.7 Å². The average molecular weight is 261 g/mol. The lowest BCUT2D eigenvalue weighted by Crippen LogP contribution is -2.28. The Kier molecular flexibility index (Phi) is 4.97. The highest BCUT2D eigenvalue weighted by molar-refractivity contribution is 5.70. The Morgan fingerprint density at radius 3 is 2.47 bits per heavy atom. The van der Waals surface area contributed by atoms with Gasteiger partial charge in [-0.1, -0.05) is 29.8 Å². The SMILES string of the molecule is CCOC(=O)CC(c1ccc(C)cc1)N1CCCC1. The Labute approximate surface area is 115 Å². The smallest absolute Gasteiger partial charge is 0.307 e. The summed E-state index contributed by atoms with van der Waals surface area (Å²) in [6.07, 6.45) is 2.91. The van der Waals surface area contributed by atoms with Gasteiger partial charge in [0.2, 0.25) is 0 Å². The molecule has 1 aromatic carbocycles. The van der Waals surface area contributed by atoms with E-state index < -0.39 is 0 Å². The molecule has 1 aromatic rings. The molecule has 0 radical (unpaired) electrons. The molecule has 1 atom stereocenters. The van der Waals surface area contributed by atoms with E-state index in [1.807, 2.05) is 6.92 Å². The van der Waals surface area contributed by atoms with Gasteiger partial charge in [0.05, 0.1) is 13.0 Å². The van der Waals surface area contributed by atoms with Crippen LogP contribution in [0.1, 0.15) is 43.4 Å². The number of benzene rings is 1. The largest absolute Gasteiger partial charge is 0.466 e. The van der Waals surface area contributed by atoms with E-state index in [4.69, 9.17) is 4.74 Å². The Bertz CT molecular complexity index is 407. The van der Waals surface area contributed by atoms with Gasteiger partial charge in [-0.15, -0.1) is 0 Å². The molecule has 1 fully saturated rings. The Morgan fingerprint density at radius 1 is 1.26 bits per heavy atom. The monoisotopic (exact) mass is 261 g/mol. The van der Waals surface area contributed by atoms with Gasteiger partial charge in [0.25, 0.3) is 0 Å². The van der Waals surface area contributed by atoms with Crippen molar-refractivity contribution in [2.24, 2.45) is 0 Å². The number of esters is 1. The van der Waals surface area contributed by atoms with Crippen LogP contribution in [0.2, 0.25) is 0 Å². The van der Waals surface area contributed by atoms with Crippen molar-refractivity contribution in [3.05, 3.63) is 35.4 Å². The molecular weight excluding hydrogens is 238 g/mol. The first-order valence-corrected chi connectivity index (χ1v) is 7.17. The first-order chi connectivity index (χ1) is 9.20. The van der Waals surface area contributed by atoms with E-state index in [0.29, 0.717) is 13.0 Å². The maximum atomic E-state index is 11.8. The normalized spacial score (nSPS) is 17.4. The molecule has 2 rings (SSSR count). The van der Waals surface area contributed by atoms with E-state index in [0.717, 1.165) is 13.1 Å². The average Bonchev–Trinajstić information content (AvgIpc) is 2.91. The summed E-state index contributed by atoms with van der Waals surface area (Å²) in [6.45, 7) is 6.56. The van der Waals surface area contributed by atoms with E-state index in [-0.39, 0.29) is 12.0 Å². The minimum absolute atomic E-state index is 0.0972. The third-order valence-electron chi connectivity index (χ3n) is 3.71. The highest BCUT2D eigenvalue weighted by Gasteiger charge is 2.26. The predicted octanol–water partition coefficient (Wildman–Crippen LogP) is 3.09. The summed E-state index contributed by atoms with van der Waals surface area (Å²) in [6, 6.07) is 8.67. The van der Waals surface area contributed by atoms with Gasteiger partial charge in [-0.25, -0.2) is 0 Å². The zero-order valence-corrected chi connectivity index (χ0v) is 11.9. The second kappa shape index (κ2) is 6.71. The number of hydrogen-bond acceptors (Lipinski definition) is 3. The maximum Gasteiger partial charge on any atom is 0.307 e. The number of hydrogen-bond donors (Lipinski definition) is 0. The molecule has 0 saturated carbocycles. The summed E-state index contributed by atoms with van der Waals surface area (Å²) >= 11 is 0.